The van der Waals surface area contributed by atoms with Crippen LogP contribution < -0.4 is 10.9 Å². The molecule has 0 saturated carbocycles. The maximum absolute atomic E-state index is 12.6. The van der Waals surface area contributed by atoms with Crippen LogP contribution in [0.1, 0.15) is 16.7 Å². The normalized spacial score (nSPS) is 14.6. The van der Waals surface area contributed by atoms with Gasteiger partial charge in [0.1, 0.15) is 11.3 Å². The second-order valence-electron chi connectivity index (χ2n) is 7.60. The number of hydrogen-bond donors (Lipinski definition) is 2. The summed E-state index contributed by atoms with van der Waals surface area (Å²) >= 11 is 5.98. The standard InChI is InChI=1S/C23H23ClN2O5/c1-14-17-10-19(24)20(27)12-21(17)31-23(29)18(14)11-22(28)25-16-4-2-15(3-5-16)13-26-6-8-30-9-7-26/h2-5,10,12,27H,6-9,11,13H2,1H3,(H,25,28). The van der Waals surface area contributed by atoms with Gasteiger partial charge in [0.15, 0.2) is 0 Å². The van der Waals surface area contributed by atoms with Crippen LogP contribution in [0.5, 0.6) is 5.75 Å². The van der Waals surface area contributed by atoms with Crippen molar-refractivity contribution in [3.05, 3.63) is 68.5 Å². The highest BCUT2D eigenvalue weighted by Crippen LogP contribution is 2.30. The fraction of sp³-hybridized carbons (Fsp3) is 0.304. The summed E-state index contributed by atoms with van der Waals surface area (Å²) in [5.41, 5.74) is 2.30. The van der Waals surface area contributed by atoms with Gasteiger partial charge >= 0.3 is 5.63 Å². The summed E-state index contributed by atoms with van der Waals surface area (Å²) in [5, 5.41) is 13.3. The Bertz CT molecular complexity index is 1170. The van der Waals surface area contributed by atoms with Crippen LogP contribution in [-0.4, -0.2) is 42.2 Å². The van der Waals surface area contributed by atoms with Gasteiger partial charge in [-0.3, -0.25) is 9.69 Å². The second kappa shape index (κ2) is 9.09. The molecule has 0 spiro atoms. The minimum atomic E-state index is -0.609. The number of nitrogens with zero attached hydrogens (tertiary/aromatic N) is 1. The topological polar surface area (TPSA) is 92.0 Å². The zero-order valence-corrected chi connectivity index (χ0v) is 17.9. The molecule has 1 fully saturated rings. The van der Waals surface area contributed by atoms with E-state index in [1.165, 1.54) is 12.1 Å². The number of morpholine rings is 1. The van der Waals surface area contributed by atoms with E-state index in [4.69, 9.17) is 20.8 Å². The molecule has 0 atom stereocenters. The molecular formula is C23H23ClN2O5. The lowest BCUT2D eigenvalue weighted by Gasteiger charge is -2.26. The first-order valence-corrected chi connectivity index (χ1v) is 10.4. The predicted octanol–water partition coefficient (Wildman–Crippen LogP) is 3.47. The molecule has 31 heavy (non-hydrogen) atoms. The van der Waals surface area contributed by atoms with Crippen molar-refractivity contribution in [1.29, 1.82) is 0 Å². The van der Waals surface area contributed by atoms with Crippen LogP contribution in [-0.2, 0) is 22.5 Å². The van der Waals surface area contributed by atoms with E-state index < -0.39 is 5.63 Å². The van der Waals surface area contributed by atoms with Crippen molar-refractivity contribution < 1.29 is 19.1 Å². The molecule has 3 aromatic rings. The molecule has 0 bridgehead atoms. The number of benzene rings is 2. The van der Waals surface area contributed by atoms with Crippen LogP contribution in [0.2, 0.25) is 5.02 Å². The Labute approximate surface area is 184 Å². The van der Waals surface area contributed by atoms with Crippen LogP contribution in [0.25, 0.3) is 11.0 Å². The number of ether oxygens (including phenoxy) is 1. The number of phenolic OH excluding ortho intramolecular Hbond substituents is 1. The number of hydrogen-bond acceptors (Lipinski definition) is 6. The molecule has 2 aromatic carbocycles. The van der Waals surface area contributed by atoms with Crippen molar-refractivity contribution in [3.63, 3.8) is 0 Å². The summed E-state index contributed by atoms with van der Waals surface area (Å²) in [4.78, 5) is 27.3. The molecule has 1 saturated heterocycles. The van der Waals surface area contributed by atoms with E-state index in [0.717, 1.165) is 38.4 Å². The number of halogens is 1. The number of nitrogens with one attached hydrogen (secondary N) is 1. The molecule has 0 radical (unpaired) electrons. The zero-order chi connectivity index (χ0) is 22.0. The van der Waals surface area contributed by atoms with Crippen molar-refractivity contribution in [2.24, 2.45) is 0 Å². The summed E-state index contributed by atoms with van der Waals surface area (Å²) in [6, 6.07) is 10.5. The van der Waals surface area contributed by atoms with Crippen LogP contribution in [0, 0.1) is 6.92 Å². The van der Waals surface area contributed by atoms with Crippen LogP contribution in [0.3, 0.4) is 0 Å². The number of amides is 1. The van der Waals surface area contributed by atoms with Crippen LogP contribution in [0.15, 0.2) is 45.6 Å². The zero-order valence-electron chi connectivity index (χ0n) is 17.1. The lowest BCUT2D eigenvalue weighted by Crippen LogP contribution is -2.35. The molecule has 1 aliphatic heterocycles. The number of carbonyl (C=O) groups excluding carboxylic acids is 1. The number of anilines is 1. The van der Waals surface area contributed by atoms with Gasteiger partial charge in [-0.25, -0.2) is 4.79 Å². The minimum absolute atomic E-state index is 0.127. The van der Waals surface area contributed by atoms with Crippen molar-refractivity contribution >= 4 is 34.2 Å². The molecule has 2 N–H and O–H groups in total. The summed E-state index contributed by atoms with van der Waals surface area (Å²) in [5.74, 6) is -0.486. The average Bonchev–Trinajstić information content (AvgIpc) is 2.75. The highest BCUT2D eigenvalue weighted by atomic mass is 35.5. The van der Waals surface area contributed by atoms with E-state index in [0.29, 0.717) is 16.6 Å². The quantitative estimate of drug-likeness (QED) is 0.588. The third-order valence-corrected chi connectivity index (χ3v) is 5.74. The Kier molecular flexibility index (Phi) is 6.27. The highest BCUT2D eigenvalue weighted by molar-refractivity contribution is 6.32. The van der Waals surface area contributed by atoms with Gasteiger partial charge in [0, 0.05) is 36.8 Å². The first kappa shape index (κ1) is 21.4. The Morgan fingerprint density at radius 1 is 1.19 bits per heavy atom. The third-order valence-electron chi connectivity index (χ3n) is 5.44. The van der Waals surface area contributed by atoms with Crippen LogP contribution >= 0.6 is 11.6 Å². The van der Waals surface area contributed by atoms with Crippen molar-refractivity contribution in [2.75, 3.05) is 31.6 Å². The lowest BCUT2D eigenvalue weighted by atomic mass is 10.0. The summed E-state index contributed by atoms with van der Waals surface area (Å²) in [6.45, 7) is 5.91. The Balaban J connectivity index is 1.45. The number of phenols is 1. The van der Waals surface area contributed by atoms with Gasteiger partial charge < -0.3 is 19.6 Å². The average molecular weight is 443 g/mol. The van der Waals surface area contributed by atoms with Gasteiger partial charge in [-0.1, -0.05) is 23.7 Å². The van der Waals surface area contributed by atoms with Crippen LogP contribution in [0.4, 0.5) is 5.69 Å². The second-order valence-corrected chi connectivity index (χ2v) is 8.01. The number of aryl methyl sites for hydroxylation is 1. The molecule has 1 aliphatic rings. The highest BCUT2D eigenvalue weighted by Gasteiger charge is 2.17. The molecule has 8 heteroatoms. The molecule has 7 nitrogen and oxygen atoms in total. The van der Waals surface area contributed by atoms with Gasteiger partial charge in [0.2, 0.25) is 5.91 Å². The smallest absolute Gasteiger partial charge is 0.340 e. The molecule has 162 valence electrons. The first-order valence-electron chi connectivity index (χ1n) is 10.0. The lowest BCUT2D eigenvalue weighted by molar-refractivity contribution is -0.115. The Hall–Kier alpha value is -2.87. The van der Waals surface area contributed by atoms with Crippen molar-refractivity contribution in [2.45, 2.75) is 19.9 Å². The van der Waals surface area contributed by atoms with Gasteiger partial charge in [0.25, 0.3) is 0 Å². The van der Waals surface area contributed by atoms with Crippen molar-refractivity contribution in [1.82, 2.24) is 4.90 Å². The van der Waals surface area contributed by atoms with E-state index in [1.54, 1.807) is 6.92 Å². The van der Waals surface area contributed by atoms with Gasteiger partial charge in [0.05, 0.1) is 30.2 Å². The molecule has 4 rings (SSSR count). The first-order chi connectivity index (χ1) is 14.9. The van der Waals surface area contributed by atoms with Gasteiger partial charge in [-0.15, -0.1) is 0 Å². The van der Waals surface area contributed by atoms with E-state index in [1.807, 2.05) is 24.3 Å². The summed E-state index contributed by atoms with van der Waals surface area (Å²) < 4.78 is 10.6. The SMILES string of the molecule is Cc1c(CC(=O)Nc2ccc(CN3CCOCC3)cc2)c(=O)oc2cc(O)c(Cl)cc12. The molecular weight excluding hydrogens is 420 g/mol. The predicted molar refractivity (Wildman–Crippen MR) is 119 cm³/mol. The maximum atomic E-state index is 12.6. The number of rotatable bonds is 5. The third kappa shape index (κ3) is 4.90. The molecule has 0 aliphatic carbocycles. The number of aromatic hydroxyl groups is 1. The van der Waals surface area contributed by atoms with E-state index in [9.17, 15) is 14.7 Å². The fourth-order valence-corrected chi connectivity index (χ4v) is 3.84. The summed E-state index contributed by atoms with van der Waals surface area (Å²) in [6.07, 6.45) is -0.127. The molecule has 1 aromatic heterocycles. The molecule has 1 amide bonds. The largest absolute Gasteiger partial charge is 0.506 e. The van der Waals surface area contributed by atoms with E-state index in [-0.39, 0.29) is 34.2 Å². The number of fused-ring (bicyclic) bond motifs is 1. The Morgan fingerprint density at radius 3 is 2.61 bits per heavy atom. The van der Waals surface area contributed by atoms with Gasteiger partial charge in [-0.05, 0) is 36.2 Å². The van der Waals surface area contributed by atoms with Crippen molar-refractivity contribution in [3.8, 4) is 5.75 Å². The maximum Gasteiger partial charge on any atom is 0.340 e. The minimum Gasteiger partial charge on any atom is -0.506 e. The van der Waals surface area contributed by atoms with Gasteiger partial charge in [-0.2, -0.15) is 0 Å². The summed E-state index contributed by atoms with van der Waals surface area (Å²) in [7, 11) is 0. The van der Waals surface area contributed by atoms with E-state index >= 15 is 0 Å². The Morgan fingerprint density at radius 2 is 1.90 bits per heavy atom. The molecule has 2 heterocycles. The monoisotopic (exact) mass is 442 g/mol. The molecule has 0 unspecified atom stereocenters. The fourth-order valence-electron chi connectivity index (χ4n) is 3.68. The number of carbonyl (C=O) groups is 1. The van der Waals surface area contributed by atoms with E-state index in [2.05, 4.69) is 10.2 Å².